The summed E-state index contributed by atoms with van der Waals surface area (Å²) >= 11 is 0. The second kappa shape index (κ2) is 2.96. The molecule has 0 atom stereocenters. The summed E-state index contributed by atoms with van der Waals surface area (Å²) in [5.41, 5.74) is 0.0914. The number of aliphatic carboxylic acids is 1. The molecule has 3 heteroatoms. The van der Waals surface area contributed by atoms with E-state index in [0.29, 0.717) is 6.42 Å². The normalized spacial score (nSPS) is 16.2. The van der Waals surface area contributed by atoms with Crippen LogP contribution in [0.3, 0.4) is 0 Å². The fourth-order valence-electron chi connectivity index (χ4n) is 0.619. The fraction of sp³-hybridized carbons (Fsp3) is 0.143. The third-order valence-corrected chi connectivity index (χ3v) is 1.08. The van der Waals surface area contributed by atoms with E-state index in [2.05, 4.69) is 4.99 Å². The van der Waals surface area contributed by atoms with E-state index < -0.39 is 5.97 Å². The van der Waals surface area contributed by atoms with Gasteiger partial charge in [-0.1, -0.05) is 12.2 Å². The highest BCUT2D eigenvalue weighted by molar-refractivity contribution is 5.89. The Kier molecular flexibility index (Phi) is 1.99. The van der Waals surface area contributed by atoms with Crippen molar-refractivity contribution >= 4 is 12.2 Å². The predicted molar refractivity (Wildman–Crippen MR) is 38.0 cm³/mol. The summed E-state index contributed by atoms with van der Waals surface area (Å²) in [6.45, 7) is 0. The van der Waals surface area contributed by atoms with Gasteiger partial charge in [-0.25, -0.2) is 4.79 Å². The molecule has 0 saturated heterocycles. The molecule has 0 saturated carbocycles. The Morgan fingerprint density at radius 3 is 3.20 bits per heavy atom. The summed E-state index contributed by atoms with van der Waals surface area (Å²) in [4.78, 5) is 14.0. The Morgan fingerprint density at radius 2 is 2.50 bits per heavy atom. The van der Waals surface area contributed by atoms with Crippen LogP contribution in [-0.2, 0) is 4.79 Å². The minimum atomic E-state index is -0.984. The fourth-order valence-corrected chi connectivity index (χ4v) is 0.619. The molecule has 10 heavy (non-hydrogen) atoms. The van der Waals surface area contributed by atoms with Gasteiger partial charge in [-0.15, -0.1) is 0 Å². The van der Waals surface area contributed by atoms with Crippen molar-refractivity contribution in [1.29, 1.82) is 0 Å². The molecule has 1 rings (SSSR count). The molecule has 0 spiro atoms. The maximum absolute atomic E-state index is 10.3. The third kappa shape index (κ3) is 1.55. The van der Waals surface area contributed by atoms with Crippen LogP contribution in [0.15, 0.2) is 28.9 Å². The lowest BCUT2D eigenvalue weighted by Gasteiger charge is -1.87. The summed E-state index contributed by atoms with van der Waals surface area (Å²) in [5, 5.41) is 8.45. The monoisotopic (exact) mass is 137 g/mol. The molecule has 0 aromatic heterocycles. The largest absolute Gasteiger partial charge is 0.477 e. The Hall–Kier alpha value is -1.38. The highest BCUT2D eigenvalue weighted by Crippen LogP contribution is 2.00. The zero-order chi connectivity index (χ0) is 7.40. The maximum Gasteiger partial charge on any atom is 0.354 e. The van der Waals surface area contributed by atoms with Gasteiger partial charge in [-0.3, -0.25) is 4.99 Å². The Balaban J connectivity index is 2.83. The van der Waals surface area contributed by atoms with E-state index in [9.17, 15) is 4.79 Å². The van der Waals surface area contributed by atoms with E-state index >= 15 is 0 Å². The van der Waals surface area contributed by atoms with Crippen molar-refractivity contribution in [3.63, 3.8) is 0 Å². The average Bonchev–Trinajstić information content (AvgIpc) is 2.12. The molecule has 1 heterocycles. The van der Waals surface area contributed by atoms with E-state index in [4.69, 9.17) is 5.11 Å². The molecule has 1 aliphatic rings. The van der Waals surface area contributed by atoms with Crippen LogP contribution in [0.5, 0.6) is 0 Å². The summed E-state index contributed by atoms with van der Waals surface area (Å²) in [6.07, 6.45) is 7.29. The molecular weight excluding hydrogens is 130 g/mol. The highest BCUT2D eigenvalue weighted by Gasteiger charge is 2.02. The molecule has 0 aromatic rings. The van der Waals surface area contributed by atoms with E-state index in [1.54, 1.807) is 12.3 Å². The molecule has 0 unspecified atom stereocenters. The first-order valence-electron chi connectivity index (χ1n) is 2.93. The molecule has 0 radical (unpaired) electrons. The lowest BCUT2D eigenvalue weighted by molar-refractivity contribution is -0.132. The van der Waals surface area contributed by atoms with Gasteiger partial charge in [0.25, 0.3) is 0 Å². The second-order valence-electron chi connectivity index (χ2n) is 1.83. The van der Waals surface area contributed by atoms with Gasteiger partial charge in [0.1, 0.15) is 5.70 Å². The van der Waals surface area contributed by atoms with Crippen molar-refractivity contribution < 1.29 is 9.90 Å². The molecule has 0 bridgehead atoms. The third-order valence-electron chi connectivity index (χ3n) is 1.08. The van der Waals surface area contributed by atoms with Crippen molar-refractivity contribution in [2.75, 3.05) is 0 Å². The van der Waals surface area contributed by atoms with Crippen LogP contribution in [0.25, 0.3) is 0 Å². The smallest absolute Gasteiger partial charge is 0.354 e. The SMILES string of the molecule is O=C(O)C1=CC=CCC=N1. The number of nitrogens with zero attached hydrogens (tertiary/aromatic N) is 1. The van der Waals surface area contributed by atoms with E-state index in [-0.39, 0.29) is 5.70 Å². The van der Waals surface area contributed by atoms with Crippen molar-refractivity contribution in [3.05, 3.63) is 23.9 Å². The van der Waals surface area contributed by atoms with Gasteiger partial charge in [-0.2, -0.15) is 0 Å². The summed E-state index contributed by atoms with van der Waals surface area (Å²) in [6, 6.07) is 0. The Bertz CT molecular complexity index is 226. The van der Waals surface area contributed by atoms with Gasteiger partial charge in [0, 0.05) is 12.6 Å². The number of hydrogen-bond acceptors (Lipinski definition) is 2. The number of allylic oxidation sites excluding steroid dienone is 3. The molecule has 3 nitrogen and oxygen atoms in total. The van der Waals surface area contributed by atoms with Crippen LogP contribution in [0.4, 0.5) is 0 Å². The molecule has 1 N–H and O–H groups in total. The summed E-state index contributed by atoms with van der Waals surface area (Å²) in [7, 11) is 0. The van der Waals surface area contributed by atoms with Crippen LogP contribution >= 0.6 is 0 Å². The molecule has 0 amide bonds. The molecule has 0 aromatic carbocycles. The number of rotatable bonds is 1. The molecule has 52 valence electrons. The molecular formula is C7H7NO2. The number of carboxylic acid groups (broad SMARTS) is 1. The van der Waals surface area contributed by atoms with Gasteiger partial charge >= 0.3 is 5.97 Å². The predicted octanol–water partition coefficient (Wildman–Crippen LogP) is 0.986. The van der Waals surface area contributed by atoms with Crippen molar-refractivity contribution in [1.82, 2.24) is 0 Å². The van der Waals surface area contributed by atoms with Crippen molar-refractivity contribution in [3.8, 4) is 0 Å². The number of carboxylic acids is 1. The highest BCUT2D eigenvalue weighted by atomic mass is 16.4. The summed E-state index contributed by atoms with van der Waals surface area (Å²) < 4.78 is 0. The van der Waals surface area contributed by atoms with Crippen LogP contribution in [0.1, 0.15) is 6.42 Å². The van der Waals surface area contributed by atoms with E-state index in [0.717, 1.165) is 0 Å². The molecule has 1 aliphatic heterocycles. The van der Waals surface area contributed by atoms with Crippen LogP contribution in [-0.4, -0.2) is 17.3 Å². The molecule has 0 fully saturated rings. The molecule has 0 aliphatic carbocycles. The Morgan fingerprint density at radius 1 is 1.70 bits per heavy atom. The lowest BCUT2D eigenvalue weighted by atomic mass is 10.4. The van der Waals surface area contributed by atoms with Crippen LogP contribution < -0.4 is 0 Å². The van der Waals surface area contributed by atoms with Gasteiger partial charge in [0.2, 0.25) is 0 Å². The number of carbonyl (C=O) groups is 1. The van der Waals surface area contributed by atoms with E-state index in [1.165, 1.54) is 6.08 Å². The van der Waals surface area contributed by atoms with Crippen LogP contribution in [0, 0.1) is 0 Å². The average molecular weight is 137 g/mol. The summed E-state index contributed by atoms with van der Waals surface area (Å²) in [5.74, 6) is -0.984. The van der Waals surface area contributed by atoms with Crippen molar-refractivity contribution in [2.24, 2.45) is 4.99 Å². The minimum Gasteiger partial charge on any atom is -0.477 e. The van der Waals surface area contributed by atoms with E-state index in [1.807, 2.05) is 6.08 Å². The first-order valence-corrected chi connectivity index (χ1v) is 2.93. The first-order chi connectivity index (χ1) is 4.80. The number of aliphatic imine (C=N–C) groups is 1. The first kappa shape index (κ1) is 6.74. The quantitative estimate of drug-likeness (QED) is 0.585. The minimum absolute atomic E-state index is 0.0914. The Labute approximate surface area is 58.4 Å². The van der Waals surface area contributed by atoms with Gasteiger partial charge in [0.05, 0.1) is 0 Å². The second-order valence-corrected chi connectivity index (χ2v) is 1.83. The van der Waals surface area contributed by atoms with Crippen molar-refractivity contribution in [2.45, 2.75) is 6.42 Å². The zero-order valence-electron chi connectivity index (χ0n) is 5.32. The standard InChI is InChI=1S/C7H7NO2/c9-7(10)6-4-2-1-3-5-8-6/h1-2,4-5H,3H2,(H,9,10). The number of hydrogen-bond donors (Lipinski definition) is 1. The topological polar surface area (TPSA) is 49.7 Å². The van der Waals surface area contributed by atoms with Gasteiger partial charge in [0.15, 0.2) is 0 Å². The lowest BCUT2D eigenvalue weighted by Crippen LogP contribution is -1.96. The van der Waals surface area contributed by atoms with Crippen LogP contribution in [0.2, 0.25) is 0 Å². The van der Waals surface area contributed by atoms with Gasteiger partial charge in [-0.05, 0) is 6.08 Å². The zero-order valence-corrected chi connectivity index (χ0v) is 5.32. The van der Waals surface area contributed by atoms with Gasteiger partial charge < -0.3 is 5.11 Å². The maximum atomic E-state index is 10.3.